The van der Waals surface area contributed by atoms with E-state index in [1.165, 1.54) is 0 Å². The molecule has 0 saturated heterocycles. The second kappa shape index (κ2) is 9.32. The third-order valence-corrected chi connectivity index (χ3v) is 5.56. The summed E-state index contributed by atoms with van der Waals surface area (Å²) in [5.41, 5.74) is 6.35. The molecule has 4 rings (SSSR count). The normalized spacial score (nSPS) is 11.0. The number of H-pyrrole nitrogens is 1. The molecule has 32 heavy (non-hydrogen) atoms. The molecule has 164 valence electrons. The van der Waals surface area contributed by atoms with Crippen LogP contribution < -0.4 is 5.32 Å². The van der Waals surface area contributed by atoms with E-state index in [2.05, 4.69) is 45.7 Å². The third kappa shape index (κ3) is 5.03. The van der Waals surface area contributed by atoms with Gasteiger partial charge in [0, 0.05) is 17.8 Å². The van der Waals surface area contributed by atoms with Crippen molar-refractivity contribution in [2.75, 3.05) is 0 Å². The Kier molecular flexibility index (Phi) is 6.32. The average molecular weight is 447 g/mol. The molecule has 0 atom stereocenters. The molecule has 0 aliphatic rings. The van der Waals surface area contributed by atoms with Crippen molar-refractivity contribution in [3.05, 3.63) is 87.4 Å². The Morgan fingerprint density at radius 3 is 2.59 bits per heavy atom. The van der Waals surface area contributed by atoms with Gasteiger partial charge in [-0.25, -0.2) is 0 Å². The summed E-state index contributed by atoms with van der Waals surface area (Å²) in [6, 6.07) is 18.2. The van der Waals surface area contributed by atoms with Crippen LogP contribution in [0.1, 0.15) is 28.1 Å². The highest BCUT2D eigenvalue weighted by Crippen LogP contribution is 2.18. The van der Waals surface area contributed by atoms with Crippen LogP contribution in [0.15, 0.2) is 54.6 Å². The van der Waals surface area contributed by atoms with E-state index >= 15 is 0 Å². The molecule has 2 heterocycles. The Bertz CT molecular complexity index is 1320. The van der Waals surface area contributed by atoms with Gasteiger partial charge in [-0.05, 0) is 56.2 Å². The van der Waals surface area contributed by atoms with Crippen molar-refractivity contribution in [3.63, 3.8) is 0 Å². The summed E-state index contributed by atoms with van der Waals surface area (Å²) < 4.78 is 4.13. The molecule has 7 nitrogen and oxygen atoms in total. The number of benzene rings is 2. The standard InChI is InChI=1S/C24H26N6OS/c1-16-6-4-9-21(10-16)23-26-27-24(32)29(23)15-22(31)25-13-19-7-5-8-20(12-19)14-30-18(3)11-17(2)28-30/h4-12H,13-15H2,1-3H3,(H,25,31)(H,27,32). The van der Waals surface area contributed by atoms with Gasteiger partial charge in [-0.3, -0.25) is 19.1 Å². The number of carbonyl (C=O) groups excluding carboxylic acids is 1. The number of aryl methyl sites for hydroxylation is 3. The van der Waals surface area contributed by atoms with Crippen molar-refractivity contribution in [3.8, 4) is 11.4 Å². The van der Waals surface area contributed by atoms with E-state index in [0.29, 0.717) is 23.7 Å². The summed E-state index contributed by atoms with van der Waals surface area (Å²) in [6.07, 6.45) is 0. The van der Waals surface area contributed by atoms with Gasteiger partial charge < -0.3 is 5.32 Å². The molecule has 2 N–H and O–H groups in total. The molecule has 0 bridgehead atoms. The molecule has 4 aromatic rings. The highest BCUT2D eigenvalue weighted by Gasteiger charge is 2.12. The van der Waals surface area contributed by atoms with E-state index in [1.807, 2.05) is 54.9 Å². The molecule has 0 radical (unpaired) electrons. The van der Waals surface area contributed by atoms with Crippen molar-refractivity contribution >= 4 is 18.1 Å². The second-order valence-corrected chi connectivity index (χ2v) is 8.38. The summed E-state index contributed by atoms with van der Waals surface area (Å²) in [5.74, 6) is 0.529. The largest absolute Gasteiger partial charge is 0.350 e. The van der Waals surface area contributed by atoms with Gasteiger partial charge in [0.15, 0.2) is 10.6 Å². The first-order chi connectivity index (χ1) is 15.4. The van der Waals surface area contributed by atoms with Gasteiger partial charge in [-0.2, -0.15) is 10.2 Å². The van der Waals surface area contributed by atoms with E-state index in [9.17, 15) is 4.79 Å². The first-order valence-corrected chi connectivity index (χ1v) is 10.9. The van der Waals surface area contributed by atoms with Crippen LogP contribution in [0, 0.1) is 25.5 Å². The van der Waals surface area contributed by atoms with Gasteiger partial charge in [0.05, 0.1) is 12.2 Å². The minimum Gasteiger partial charge on any atom is -0.350 e. The van der Waals surface area contributed by atoms with Gasteiger partial charge >= 0.3 is 0 Å². The van der Waals surface area contributed by atoms with Crippen molar-refractivity contribution in [2.45, 2.75) is 40.4 Å². The quantitative estimate of drug-likeness (QED) is 0.419. The van der Waals surface area contributed by atoms with Crippen LogP contribution in [0.2, 0.25) is 0 Å². The van der Waals surface area contributed by atoms with E-state index in [4.69, 9.17) is 12.2 Å². The van der Waals surface area contributed by atoms with Crippen LogP contribution in [0.5, 0.6) is 0 Å². The Morgan fingerprint density at radius 2 is 1.84 bits per heavy atom. The molecule has 2 aromatic heterocycles. The number of amides is 1. The highest BCUT2D eigenvalue weighted by atomic mass is 32.1. The number of rotatable bonds is 7. The van der Waals surface area contributed by atoms with Gasteiger partial charge in [0.2, 0.25) is 5.91 Å². The Hall–Kier alpha value is -3.52. The number of carbonyl (C=O) groups is 1. The van der Waals surface area contributed by atoms with E-state index < -0.39 is 0 Å². The lowest BCUT2D eigenvalue weighted by atomic mass is 10.1. The van der Waals surface area contributed by atoms with Crippen molar-refractivity contribution in [1.29, 1.82) is 0 Å². The number of nitrogens with zero attached hydrogens (tertiary/aromatic N) is 4. The van der Waals surface area contributed by atoms with Crippen LogP contribution in [-0.4, -0.2) is 30.5 Å². The summed E-state index contributed by atoms with van der Waals surface area (Å²) in [7, 11) is 0. The maximum absolute atomic E-state index is 12.7. The highest BCUT2D eigenvalue weighted by molar-refractivity contribution is 7.71. The van der Waals surface area contributed by atoms with E-state index in [0.717, 1.165) is 33.6 Å². The predicted octanol–water partition coefficient (Wildman–Crippen LogP) is 4.09. The van der Waals surface area contributed by atoms with Gasteiger partial charge in [0.25, 0.3) is 0 Å². The first kappa shape index (κ1) is 21.7. The fourth-order valence-corrected chi connectivity index (χ4v) is 3.91. The number of aromatic amines is 1. The number of hydrogen-bond donors (Lipinski definition) is 2. The van der Waals surface area contributed by atoms with Crippen LogP contribution in [-0.2, 0) is 24.4 Å². The Labute approximate surface area is 192 Å². The molecule has 2 aromatic carbocycles. The zero-order valence-corrected chi connectivity index (χ0v) is 19.2. The maximum Gasteiger partial charge on any atom is 0.240 e. The zero-order valence-electron chi connectivity index (χ0n) is 18.4. The predicted molar refractivity (Wildman–Crippen MR) is 127 cm³/mol. The Balaban J connectivity index is 1.42. The van der Waals surface area contributed by atoms with Crippen molar-refractivity contribution in [1.82, 2.24) is 29.9 Å². The molecule has 0 unspecified atom stereocenters. The minimum absolute atomic E-state index is 0.101. The zero-order chi connectivity index (χ0) is 22.7. The first-order valence-electron chi connectivity index (χ1n) is 10.5. The lowest BCUT2D eigenvalue weighted by molar-refractivity contribution is -0.121. The van der Waals surface area contributed by atoms with Crippen molar-refractivity contribution < 1.29 is 4.79 Å². The topological polar surface area (TPSA) is 80.5 Å². The lowest BCUT2D eigenvalue weighted by Gasteiger charge is -2.10. The Morgan fingerprint density at radius 1 is 1.06 bits per heavy atom. The molecule has 0 aliphatic heterocycles. The molecule has 8 heteroatoms. The fraction of sp³-hybridized carbons (Fsp3) is 0.250. The monoisotopic (exact) mass is 446 g/mol. The molecule has 0 fully saturated rings. The lowest BCUT2D eigenvalue weighted by Crippen LogP contribution is -2.27. The number of hydrogen-bond acceptors (Lipinski definition) is 4. The minimum atomic E-state index is -0.125. The molecular weight excluding hydrogens is 420 g/mol. The van der Waals surface area contributed by atoms with Crippen LogP contribution in [0.25, 0.3) is 11.4 Å². The van der Waals surface area contributed by atoms with Crippen molar-refractivity contribution in [2.24, 2.45) is 0 Å². The summed E-state index contributed by atoms with van der Waals surface area (Å²) in [6.45, 7) is 7.30. The SMILES string of the molecule is Cc1cccc(-c2n[nH]c(=S)n2CC(=O)NCc2cccc(Cn3nc(C)cc3C)c2)c1. The van der Waals surface area contributed by atoms with Gasteiger partial charge in [0.1, 0.15) is 6.54 Å². The van der Waals surface area contributed by atoms with Gasteiger partial charge in [-0.15, -0.1) is 0 Å². The van der Waals surface area contributed by atoms with E-state index in [-0.39, 0.29) is 12.5 Å². The molecule has 0 saturated carbocycles. The average Bonchev–Trinajstić information content (AvgIpc) is 3.27. The van der Waals surface area contributed by atoms with Crippen LogP contribution in [0.4, 0.5) is 0 Å². The summed E-state index contributed by atoms with van der Waals surface area (Å²) in [5, 5.41) is 14.6. The second-order valence-electron chi connectivity index (χ2n) is 7.99. The van der Waals surface area contributed by atoms with E-state index in [1.54, 1.807) is 4.57 Å². The molecule has 0 aliphatic carbocycles. The van der Waals surface area contributed by atoms with Crippen LogP contribution >= 0.6 is 12.2 Å². The maximum atomic E-state index is 12.7. The summed E-state index contributed by atoms with van der Waals surface area (Å²) in [4.78, 5) is 12.7. The van der Waals surface area contributed by atoms with Gasteiger partial charge in [-0.1, -0.05) is 48.0 Å². The third-order valence-electron chi connectivity index (χ3n) is 5.25. The smallest absolute Gasteiger partial charge is 0.240 e. The molecular formula is C24H26N6OS. The molecule has 1 amide bonds. The number of aromatic nitrogens is 5. The molecule has 0 spiro atoms. The fourth-order valence-electron chi connectivity index (χ4n) is 3.71. The van der Waals surface area contributed by atoms with Crippen LogP contribution in [0.3, 0.4) is 0 Å². The number of nitrogens with one attached hydrogen (secondary N) is 2. The summed E-state index contributed by atoms with van der Waals surface area (Å²) >= 11 is 5.35.